The van der Waals surface area contributed by atoms with Crippen molar-refractivity contribution in [2.45, 2.75) is 44.9 Å². The zero-order valence-corrected chi connectivity index (χ0v) is 11.6. The first-order chi connectivity index (χ1) is 9.07. The van der Waals surface area contributed by atoms with Gasteiger partial charge >= 0.3 is 0 Å². The van der Waals surface area contributed by atoms with E-state index in [9.17, 15) is 9.59 Å². The molecule has 0 radical (unpaired) electrons. The number of nitrogens with zero attached hydrogens (tertiary/aromatic N) is 1. The van der Waals surface area contributed by atoms with Crippen molar-refractivity contribution in [3.8, 4) is 0 Å². The van der Waals surface area contributed by atoms with Crippen molar-refractivity contribution >= 4 is 11.8 Å². The highest BCUT2D eigenvalue weighted by atomic mass is 16.2. The lowest BCUT2D eigenvalue weighted by atomic mass is 9.83. The van der Waals surface area contributed by atoms with Gasteiger partial charge in [0.05, 0.1) is 5.41 Å². The van der Waals surface area contributed by atoms with Crippen LogP contribution in [-0.4, -0.2) is 36.3 Å². The lowest BCUT2D eigenvalue weighted by Crippen LogP contribution is -2.50. The van der Waals surface area contributed by atoms with Gasteiger partial charge in [0.15, 0.2) is 0 Å². The maximum absolute atomic E-state index is 12.7. The van der Waals surface area contributed by atoms with Crippen LogP contribution in [0.2, 0.25) is 0 Å². The van der Waals surface area contributed by atoms with E-state index in [0.29, 0.717) is 19.5 Å². The third kappa shape index (κ3) is 3.08. The fourth-order valence-corrected chi connectivity index (χ4v) is 3.59. The van der Waals surface area contributed by atoms with Gasteiger partial charge in [-0.05, 0) is 31.6 Å². The van der Waals surface area contributed by atoms with E-state index in [1.54, 1.807) is 0 Å². The van der Waals surface area contributed by atoms with Crippen LogP contribution >= 0.6 is 0 Å². The summed E-state index contributed by atoms with van der Waals surface area (Å²) in [4.78, 5) is 25.7. The van der Waals surface area contributed by atoms with E-state index in [1.165, 1.54) is 0 Å². The van der Waals surface area contributed by atoms with Crippen molar-refractivity contribution in [1.29, 1.82) is 0 Å². The highest BCUT2D eigenvalue weighted by molar-refractivity contribution is 5.83. The van der Waals surface area contributed by atoms with Crippen LogP contribution in [0.5, 0.6) is 0 Å². The topological polar surface area (TPSA) is 89.4 Å². The molecular weight excluding hydrogens is 242 g/mol. The molecule has 19 heavy (non-hydrogen) atoms. The van der Waals surface area contributed by atoms with Gasteiger partial charge in [0.1, 0.15) is 0 Å². The fourth-order valence-electron chi connectivity index (χ4n) is 3.59. The van der Waals surface area contributed by atoms with Crippen LogP contribution in [0.15, 0.2) is 0 Å². The van der Waals surface area contributed by atoms with Gasteiger partial charge in [-0.2, -0.15) is 0 Å². The Hall–Kier alpha value is -1.10. The summed E-state index contributed by atoms with van der Waals surface area (Å²) in [6, 6.07) is 0. The maximum atomic E-state index is 12.7. The minimum atomic E-state index is -0.325. The molecule has 0 aromatic heterocycles. The number of piperidine rings is 1. The van der Waals surface area contributed by atoms with Crippen LogP contribution in [0.3, 0.4) is 0 Å². The first-order valence-electron chi connectivity index (χ1n) is 7.35. The van der Waals surface area contributed by atoms with Crippen LogP contribution in [0, 0.1) is 11.3 Å². The monoisotopic (exact) mass is 267 g/mol. The van der Waals surface area contributed by atoms with E-state index in [4.69, 9.17) is 11.5 Å². The molecule has 0 unspecified atom stereocenters. The molecule has 1 heterocycles. The second-order valence-corrected chi connectivity index (χ2v) is 6.12. The number of hydrogen-bond donors (Lipinski definition) is 2. The van der Waals surface area contributed by atoms with Crippen molar-refractivity contribution < 1.29 is 9.59 Å². The van der Waals surface area contributed by atoms with Gasteiger partial charge < -0.3 is 16.4 Å². The molecule has 1 saturated heterocycles. The third-order valence-electron chi connectivity index (χ3n) is 4.70. The smallest absolute Gasteiger partial charge is 0.230 e. The minimum Gasteiger partial charge on any atom is -0.370 e. The van der Waals surface area contributed by atoms with Crippen molar-refractivity contribution in [3.63, 3.8) is 0 Å². The molecule has 1 atom stereocenters. The number of carbonyl (C=O) groups excluding carboxylic acids is 2. The van der Waals surface area contributed by atoms with Crippen molar-refractivity contribution in [1.82, 2.24) is 4.90 Å². The average Bonchev–Trinajstić information content (AvgIpc) is 2.87. The first kappa shape index (κ1) is 14.3. The summed E-state index contributed by atoms with van der Waals surface area (Å²) < 4.78 is 0. The lowest BCUT2D eigenvalue weighted by Gasteiger charge is -2.38. The van der Waals surface area contributed by atoms with Gasteiger partial charge in [-0.15, -0.1) is 0 Å². The summed E-state index contributed by atoms with van der Waals surface area (Å²) in [6.07, 6.45) is 6.37. The Bertz CT molecular complexity index is 351. The van der Waals surface area contributed by atoms with Crippen molar-refractivity contribution in [2.75, 3.05) is 19.6 Å². The summed E-state index contributed by atoms with van der Waals surface area (Å²) in [5.41, 5.74) is 10.8. The normalized spacial score (nSPS) is 26.4. The fraction of sp³-hybridized carbons (Fsp3) is 0.857. The van der Waals surface area contributed by atoms with Gasteiger partial charge in [-0.25, -0.2) is 0 Å². The molecule has 0 spiro atoms. The van der Waals surface area contributed by atoms with Gasteiger partial charge in [0.25, 0.3) is 0 Å². The number of amides is 2. The van der Waals surface area contributed by atoms with Crippen molar-refractivity contribution in [3.05, 3.63) is 0 Å². The van der Waals surface area contributed by atoms with Crippen LogP contribution < -0.4 is 11.5 Å². The van der Waals surface area contributed by atoms with E-state index in [2.05, 4.69) is 0 Å². The summed E-state index contributed by atoms with van der Waals surface area (Å²) in [6.45, 7) is 1.92. The zero-order valence-electron chi connectivity index (χ0n) is 11.6. The van der Waals surface area contributed by atoms with Crippen LogP contribution in [0.1, 0.15) is 44.9 Å². The summed E-state index contributed by atoms with van der Waals surface area (Å²) in [5, 5.41) is 0. The van der Waals surface area contributed by atoms with E-state index in [0.717, 1.165) is 45.1 Å². The van der Waals surface area contributed by atoms with Crippen LogP contribution in [0.4, 0.5) is 0 Å². The summed E-state index contributed by atoms with van der Waals surface area (Å²) in [5.74, 6) is 0.168. The maximum Gasteiger partial charge on any atom is 0.230 e. The van der Waals surface area contributed by atoms with E-state index >= 15 is 0 Å². The molecule has 4 N–H and O–H groups in total. The predicted octanol–water partition coefficient (Wildman–Crippen LogP) is 0.619. The molecule has 2 aliphatic rings. The Morgan fingerprint density at radius 3 is 2.47 bits per heavy atom. The first-order valence-corrected chi connectivity index (χ1v) is 7.35. The summed E-state index contributed by atoms with van der Waals surface area (Å²) in [7, 11) is 0. The van der Waals surface area contributed by atoms with Gasteiger partial charge in [-0.1, -0.05) is 12.8 Å². The molecule has 2 rings (SSSR count). The Labute approximate surface area is 114 Å². The molecule has 0 aromatic carbocycles. The Kier molecular flexibility index (Phi) is 4.45. The zero-order chi connectivity index (χ0) is 13.9. The number of rotatable bonds is 4. The Morgan fingerprint density at radius 1 is 1.21 bits per heavy atom. The molecule has 5 heteroatoms. The third-order valence-corrected chi connectivity index (χ3v) is 4.70. The average molecular weight is 267 g/mol. The number of carbonyl (C=O) groups is 2. The largest absolute Gasteiger partial charge is 0.370 e. The minimum absolute atomic E-state index is 0.210. The molecular formula is C14H25N3O2. The van der Waals surface area contributed by atoms with E-state index in [1.807, 2.05) is 4.90 Å². The lowest BCUT2D eigenvalue weighted by molar-refractivity contribution is -0.143. The molecule has 108 valence electrons. The molecule has 2 fully saturated rings. The second kappa shape index (κ2) is 5.90. The van der Waals surface area contributed by atoms with Gasteiger partial charge in [-0.3, -0.25) is 9.59 Å². The van der Waals surface area contributed by atoms with E-state index < -0.39 is 0 Å². The quantitative estimate of drug-likeness (QED) is 0.782. The molecule has 0 aromatic rings. The van der Waals surface area contributed by atoms with Crippen LogP contribution in [-0.2, 0) is 9.59 Å². The molecule has 1 aliphatic heterocycles. The number of hydrogen-bond acceptors (Lipinski definition) is 3. The molecule has 1 saturated carbocycles. The van der Waals surface area contributed by atoms with Gasteiger partial charge in [0.2, 0.25) is 11.8 Å². The second-order valence-electron chi connectivity index (χ2n) is 6.12. The number of likely N-dealkylation sites (tertiary alicyclic amines) is 1. The molecule has 2 amide bonds. The highest BCUT2D eigenvalue weighted by Crippen LogP contribution is 2.39. The number of nitrogens with two attached hydrogens (primary N) is 2. The van der Waals surface area contributed by atoms with Crippen LogP contribution in [0.25, 0.3) is 0 Å². The SMILES string of the molecule is NCC1(C(=O)N2CCC[C@@H](CC(N)=O)C2)CCCC1. The molecule has 0 bridgehead atoms. The van der Waals surface area contributed by atoms with Gasteiger partial charge in [0, 0.05) is 26.1 Å². The number of primary amides is 1. The molecule has 1 aliphatic carbocycles. The van der Waals surface area contributed by atoms with Crippen molar-refractivity contribution in [2.24, 2.45) is 22.8 Å². The van der Waals surface area contributed by atoms with E-state index in [-0.39, 0.29) is 23.1 Å². The predicted molar refractivity (Wildman–Crippen MR) is 73.1 cm³/mol. The standard InChI is InChI=1S/C14H25N3O2/c15-10-14(5-1-2-6-14)13(19)17-7-3-4-11(9-17)8-12(16)18/h11H,1-10,15H2,(H2,16,18)/t11-/m0/s1. The highest BCUT2D eigenvalue weighted by Gasteiger charge is 2.43. The molecule has 5 nitrogen and oxygen atoms in total. The summed E-state index contributed by atoms with van der Waals surface area (Å²) >= 11 is 0. The Balaban J connectivity index is 2.00. The Morgan fingerprint density at radius 2 is 1.89 bits per heavy atom.